The molecule has 0 spiro atoms. The molecule has 0 saturated heterocycles. The normalized spacial score (nSPS) is 15.5. The van der Waals surface area contributed by atoms with Gasteiger partial charge >= 0.3 is 10.2 Å². The van der Waals surface area contributed by atoms with E-state index in [-0.39, 0.29) is 33.4 Å². The Hall–Kier alpha value is -3.09. The van der Waals surface area contributed by atoms with Gasteiger partial charge in [0.05, 0.1) is 15.7 Å². The molecular formula is C19H19Cl2FN6O4S. The van der Waals surface area contributed by atoms with Crippen molar-refractivity contribution in [1.29, 1.82) is 0 Å². The Morgan fingerprint density at radius 3 is 2.45 bits per heavy atom. The minimum Gasteiger partial charge on any atom is -0.482 e. The summed E-state index contributed by atoms with van der Waals surface area (Å²) in [7, 11) is -4.92. The Balaban J connectivity index is 1.68. The van der Waals surface area contributed by atoms with Gasteiger partial charge in [0.15, 0.2) is 6.61 Å². The summed E-state index contributed by atoms with van der Waals surface area (Å²) in [5, 5.41) is 2.48. The lowest BCUT2D eigenvalue weighted by Gasteiger charge is -2.38. The quantitative estimate of drug-likeness (QED) is 0.498. The summed E-state index contributed by atoms with van der Waals surface area (Å²) < 4.78 is 40.4. The van der Waals surface area contributed by atoms with Crippen molar-refractivity contribution < 1.29 is 21.8 Å². The second kappa shape index (κ2) is 9.04. The smallest absolute Gasteiger partial charge is 0.332 e. The van der Waals surface area contributed by atoms with Gasteiger partial charge in [0, 0.05) is 5.69 Å². The molecule has 1 heterocycles. The first-order chi connectivity index (χ1) is 15.3. The molecule has 1 amide bonds. The molecule has 1 aliphatic heterocycles. The molecular weight excluding hydrogens is 498 g/mol. The van der Waals surface area contributed by atoms with Crippen molar-refractivity contribution in [3.8, 4) is 5.75 Å². The van der Waals surface area contributed by atoms with E-state index in [1.165, 1.54) is 0 Å². The number of nitrogens with zero attached hydrogens (tertiary/aromatic N) is 3. The summed E-state index contributed by atoms with van der Waals surface area (Å²) in [6.45, 7) is 3.16. The average Bonchev–Trinajstić information content (AvgIpc) is 2.66. The number of nitrogens with one attached hydrogen (secondary N) is 1. The number of hydrogen-bond acceptors (Lipinski definition) is 9. The molecule has 0 radical (unpaired) electrons. The second-order valence-electron chi connectivity index (χ2n) is 7.30. The Bertz CT molecular complexity index is 1280. The van der Waals surface area contributed by atoms with Crippen molar-refractivity contribution in [2.45, 2.75) is 24.4 Å². The number of halogens is 3. The van der Waals surface area contributed by atoms with Crippen LogP contribution in [-0.2, 0) is 15.0 Å². The number of rotatable bonds is 6. The van der Waals surface area contributed by atoms with Crippen LogP contribution < -0.4 is 26.4 Å². The number of benzene rings is 2. The Kier molecular flexibility index (Phi) is 6.73. The highest BCUT2D eigenvalue weighted by Gasteiger charge is 2.33. The lowest BCUT2D eigenvalue weighted by molar-refractivity contribution is -0.118. The zero-order valence-corrected chi connectivity index (χ0v) is 19.7. The lowest BCUT2D eigenvalue weighted by atomic mass is 10.1. The maximum Gasteiger partial charge on any atom is 0.332 e. The Morgan fingerprint density at radius 2 is 1.88 bits per heavy atom. The third kappa shape index (κ3) is 5.64. The van der Waals surface area contributed by atoms with E-state index in [1.807, 2.05) is 0 Å². The molecule has 1 aliphatic rings. The minimum absolute atomic E-state index is 0.0619. The lowest BCUT2D eigenvalue weighted by Crippen LogP contribution is -2.54. The standard InChI is InChI=1S/C19H19Cl2FN6O4S/c1-19(2)27-17(23)26-18(24)28(19)10-3-6-15(13(21)7-10)32-9-16(29)25-14-5-4-11(8-12(14)20)33(22,30)31/h3-8H,9H2,1-2H3,(H,25,29)(H4,23,24,26,27). The molecule has 33 heavy (non-hydrogen) atoms. The fourth-order valence-corrected chi connectivity index (χ4v) is 4.09. The van der Waals surface area contributed by atoms with Gasteiger partial charge < -0.3 is 21.5 Å². The fourth-order valence-electron chi connectivity index (χ4n) is 3.08. The largest absolute Gasteiger partial charge is 0.482 e. The number of amides is 1. The van der Waals surface area contributed by atoms with Crippen molar-refractivity contribution in [3.05, 3.63) is 46.4 Å². The van der Waals surface area contributed by atoms with E-state index in [0.29, 0.717) is 5.69 Å². The van der Waals surface area contributed by atoms with Gasteiger partial charge in [-0.2, -0.15) is 13.4 Å². The van der Waals surface area contributed by atoms with Gasteiger partial charge in [0.1, 0.15) is 16.3 Å². The minimum atomic E-state index is -4.92. The summed E-state index contributed by atoms with van der Waals surface area (Å²) in [4.78, 5) is 21.5. The van der Waals surface area contributed by atoms with Crippen LogP contribution in [0.25, 0.3) is 0 Å². The maximum absolute atomic E-state index is 13.0. The summed E-state index contributed by atoms with van der Waals surface area (Å²) >= 11 is 12.2. The average molecular weight is 517 g/mol. The number of carbonyl (C=O) groups is 1. The molecule has 2 aromatic rings. The highest BCUT2D eigenvalue weighted by atomic mass is 35.5. The van der Waals surface area contributed by atoms with E-state index < -0.39 is 33.3 Å². The van der Waals surface area contributed by atoms with E-state index >= 15 is 0 Å². The van der Waals surface area contributed by atoms with E-state index in [0.717, 1.165) is 18.2 Å². The third-order valence-electron chi connectivity index (χ3n) is 4.42. The molecule has 5 N–H and O–H groups in total. The van der Waals surface area contributed by atoms with Crippen LogP contribution in [-0.4, -0.2) is 38.5 Å². The maximum atomic E-state index is 13.0. The molecule has 0 atom stereocenters. The van der Waals surface area contributed by atoms with Crippen molar-refractivity contribution in [1.82, 2.24) is 0 Å². The van der Waals surface area contributed by atoms with Crippen molar-refractivity contribution in [2.24, 2.45) is 21.5 Å². The van der Waals surface area contributed by atoms with Crippen molar-refractivity contribution in [2.75, 3.05) is 16.8 Å². The van der Waals surface area contributed by atoms with Crippen molar-refractivity contribution >= 4 is 62.6 Å². The molecule has 14 heteroatoms. The Morgan fingerprint density at radius 1 is 1.18 bits per heavy atom. The van der Waals surface area contributed by atoms with E-state index in [2.05, 4.69) is 15.3 Å². The van der Waals surface area contributed by atoms with Crippen LogP contribution in [0.2, 0.25) is 10.0 Å². The highest BCUT2D eigenvalue weighted by Crippen LogP contribution is 2.34. The number of hydrogen-bond donors (Lipinski definition) is 3. The van der Waals surface area contributed by atoms with Crippen LogP contribution in [0.15, 0.2) is 51.3 Å². The molecule has 0 aliphatic carbocycles. The fraction of sp³-hybridized carbons (Fsp3) is 0.211. The van der Waals surface area contributed by atoms with Crippen LogP contribution in [0.1, 0.15) is 13.8 Å². The molecule has 176 valence electrons. The molecule has 2 aromatic carbocycles. The monoisotopic (exact) mass is 516 g/mol. The van der Waals surface area contributed by atoms with Gasteiger partial charge in [-0.25, -0.2) is 4.99 Å². The molecule has 0 fully saturated rings. The first-order valence-electron chi connectivity index (χ1n) is 9.24. The van der Waals surface area contributed by atoms with Crippen LogP contribution in [0.3, 0.4) is 0 Å². The highest BCUT2D eigenvalue weighted by molar-refractivity contribution is 7.86. The molecule has 3 rings (SSSR count). The number of carbonyl (C=O) groups excluding carboxylic acids is 1. The topological polar surface area (TPSA) is 152 Å². The van der Waals surface area contributed by atoms with E-state index in [1.54, 1.807) is 36.9 Å². The van der Waals surface area contributed by atoms with Gasteiger partial charge in [-0.1, -0.05) is 23.2 Å². The van der Waals surface area contributed by atoms with Crippen LogP contribution >= 0.6 is 23.2 Å². The Labute approximate surface area is 199 Å². The zero-order chi connectivity index (χ0) is 24.6. The van der Waals surface area contributed by atoms with Gasteiger partial charge in [0.2, 0.25) is 11.9 Å². The number of anilines is 2. The molecule has 0 bridgehead atoms. The molecule has 10 nitrogen and oxygen atoms in total. The van der Waals surface area contributed by atoms with Crippen LogP contribution in [0.5, 0.6) is 5.75 Å². The number of ether oxygens (including phenoxy) is 1. The third-order valence-corrected chi connectivity index (χ3v) is 5.85. The zero-order valence-electron chi connectivity index (χ0n) is 17.3. The van der Waals surface area contributed by atoms with Gasteiger partial charge in [-0.05, 0) is 50.2 Å². The molecule has 0 aromatic heterocycles. The predicted octanol–water partition coefficient (Wildman–Crippen LogP) is 2.85. The predicted molar refractivity (Wildman–Crippen MR) is 125 cm³/mol. The molecule has 0 saturated carbocycles. The summed E-state index contributed by atoms with van der Waals surface area (Å²) in [5.74, 6) is -0.188. The van der Waals surface area contributed by atoms with Gasteiger partial charge in [-0.3, -0.25) is 9.69 Å². The number of guanidine groups is 2. The second-order valence-corrected chi connectivity index (χ2v) is 9.46. The first-order valence-corrected chi connectivity index (χ1v) is 11.4. The van der Waals surface area contributed by atoms with Gasteiger partial charge in [0.25, 0.3) is 5.91 Å². The summed E-state index contributed by atoms with van der Waals surface area (Å²) in [6, 6.07) is 7.80. The SMILES string of the molecule is CC1(C)N=C(N)N=C(N)N1c1ccc(OCC(=O)Nc2ccc(S(=O)(=O)F)cc2Cl)c(Cl)c1. The number of aliphatic imine (C=N–C) groups is 2. The van der Waals surface area contributed by atoms with Crippen LogP contribution in [0.4, 0.5) is 15.3 Å². The van der Waals surface area contributed by atoms with E-state index in [4.69, 9.17) is 39.4 Å². The molecule has 0 unspecified atom stereocenters. The van der Waals surface area contributed by atoms with Crippen LogP contribution in [0, 0.1) is 0 Å². The van der Waals surface area contributed by atoms with Crippen molar-refractivity contribution in [3.63, 3.8) is 0 Å². The summed E-state index contributed by atoms with van der Waals surface area (Å²) in [5.41, 5.74) is 11.5. The summed E-state index contributed by atoms with van der Waals surface area (Å²) in [6.07, 6.45) is 0. The first kappa shape index (κ1) is 24.6. The number of nitrogens with two attached hydrogens (primary N) is 2. The van der Waals surface area contributed by atoms with Gasteiger partial charge in [-0.15, -0.1) is 3.89 Å². The van der Waals surface area contributed by atoms with E-state index in [9.17, 15) is 17.1 Å².